The molecule has 2 aromatic heterocycles. The lowest BCUT2D eigenvalue weighted by atomic mass is 10.1. The topological polar surface area (TPSA) is 67.5 Å². The van der Waals surface area contributed by atoms with E-state index in [0.29, 0.717) is 17.3 Å². The lowest BCUT2D eigenvalue weighted by Crippen LogP contribution is -2.05. The highest BCUT2D eigenvalue weighted by atomic mass is 16.4. The van der Waals surface area contributed by atoms with Crippen LogP contribution in [-0.2, 0) is 0 Å². The van der Waals surface area contributed by atoms with Gasteiger partial charge >= 0.3 is 5.97 Å². The van der Waals surface area contributed by atoms with Crippen LogP contribution in [0.25, 0.3) is 5.65 Å². The van der Waals surface area contributed by atoms with Crippen molar-refractivity contribution in [1.29, 1.82) is 0 Å². The molecule has 0 aliphatic carbocycles. The summed E-state index contributed by atoms with van der Waals surface area (Å²) in [6.45, 7) is 5.75. The molecule has 2 aromatic rings. The van der Waals surface area contributed by atoms with Gasteiger partial charge < -0.3 is 5.11 Å². The van der Waals surface area contributed by atoms with Crippen molar-refractivity contribution in [3.05, 3.63) is 29.5 Å². The van der Waals surface area contributed by atoms with Crippen LogP contribution in [0.15, 0.2) is 12.4 Å². The van der Waals surface area contributed by atoms with Crippen LogP contribution in [0.1, 0.15) is 41.6 Å². The highest BCUT2D eigenvalue weighted by Gasteiger charge is 2.16. The summed E-state index contributed by atoms with van der Waals surface area (Å²) in [5, 5.41) is 9.04. The van der Waals surface area contributed by atoms with E-state index in [9.17, 15) is 4.79 Å². The summed E-state index contributed by atoms with van der Waals surface area (Å²) >= 11 is 0. The first-order valence-electron chi connectivity index (χ1n) is 5.08. The molecule has 2 heterocycles. The molecule has 0 fully saturated rings. The molecule has 1 N–H and O–H groups in total. The lowest BCUT2D eigenvalue weighted by Gasteiger charge is -2.04. The maximum absolute atomic E-state index is 11.0. The van der Waals surface area contributed by atoms with E-state index in [0.717, 1.165) is 5.69 Å². The summed E-state index contributed by atoms with van der Waals surface area (Å²) in [5.41, 5.74) is 2.23. The van der Waals surface area contributed by atoms with Crippen LogP contribution >= 0.6 is 0 Å². The highest BCUT2D eigenvalue weighted by Crippen LogP contribution is 2.16. The van der Waals surface area contributed by atoms with E-state index in [2.05, 4.69) is 9.97 Å². The molecule has 5 nitrogen and oxygen atoms in total. The number of carbonyl (C=O) groups is 1. The van der Waals surface area contributed by atoms with Crippen LogP contribution in [0.3, 0.4) is 0 Å². The average Bonchev–Trinajstić information content (AvgIpc) is 2.51. The van der Waals surface area contributed by atoms with Crippen molar-refractivity contribution in [3.63, 3.8) is 0 Å². The van der Waals surface area contributed by atoms with Gasteiger partial charge in [-0.05, 0) is 12.8 Å². The van der Waals surface area contributed by atoms with E-state index in [1.165, 1.54) is 10.7 Å². The molecule has 0 unspecified atom stereocenters. The molecule has 0 aromatic carbocycles. The number of imidazole rings is 1. The maximum atomic E-state index is 11.0. The van der Waals surface area contributed by atoms with E-state index in [1.807, 2.05) is 19.9 Å². The van der Waals surface area contributed by atoms with Crippen molar-refractivity contribution in [2.24, 2.45) is 0 Å². The van der Waals surface area contributed by atoms with Gasteiger partial charge in [-0.15, -0.1) is 0 Å². The zero-order valence-electron chi connectivity index (χ0n) is 9.43. The van der Waals surface area contributed by atoms with Gasteiger partial charge in [0.05, 0.1) is 5.69 Å². The number of carboxylic acid groups (broad SMARTS) is 1. The van der Waals surface area contributed by atoms with Crippen LogP contribution in [-0.4, -0.2) is 25.4 Å². The number of aryl methyl sites for hydroxylation is 1. The fourth-order valence-electron chi connectivity index (χ4n) is 1.65. The normalized spacial score (nSPS) is 11.2. The van der Waals surface area contributed by atoms with Crippen molar-refractivity contribution < 1.29 is 9.90 Å². The Bertz CT molecular complexity index is 558. The van der Waals surface area contributed by atoms with Gasteiger partial charge in [0, 0.05) is 11.8 Å². The Morgan fingerprint density at radius 3 is 2.75 bits per heavy atom. The number of hydrogen-bond donors (Lipinski definition) is 1. The highest BCUT2D eigenvalue weighted by molar-refractivity contribution is 5.88. The van der Waals surface area contributed by atoms with Gasteiger partial charge in [-0.2, -0.15) is 0 Å². The van der Waals surface area contributed by atoms with Crippen molar-refractivity contribution in [1.82, 2.24) is 14.4 Å². The van der Waals surface area contributed by atoms with Crippen molar-refractivity contribution in [2.45, 2.75) is 26.7 Å². The zero-order valence-corrected chi connectivity index (χ0v) is 9.43. The average molecular weight is 219 g/mol. The van der Waals surface area contributed by atoms with E-state index < -0.39 is 5.97 Å². The number of fused-ring (bicyclic) bond motifs is 1. The van der Waals surface area contributed by atoms with Gasteiger partial charge in [0.15, 0.2) is 5.69 Å². The van der Waals surface area contributed by atoms with E-state index in [4.69, 9.17) is 5.11 Å². The van der Waals surface area contributed by atoms with Gasteiger partial charge in [-0.1, -0.05) is 13.8 Å². The Kier molecular flexibility index (Phi) is 2.38. The first kappa shape index (κ1) is 10.6. The summed E-state index contributed by atoms with van der Waals surface area (Å²) in [5.74, 6) is -0.681. The van der Waals surface area contributed by atoms with Gasteiger partial charge in [0.1, 0.15) is 12.0 Å². The molecule has 0 aliphatic heterocycles. The molecule has 2 rings (SSSR count). The Labute approximate surface area is 92.8 Å². The molecule has 84 valence electrons. The Hall–Kier alpha value is -1.91. The smallest absolute Gasteiger partial charge is 0.354 e. The van der Waals surface area contributed by atoms with Crippen LogP contribution in [0, 0.1) is 6.92 Å². The molecular formula is C11H13N3O2. The minimum atomic E-state index is -0.982. The molecule has 0 radical (unpaired) electrons. The predicted octanol–water partition coefficient (Wildman–Crippen LogP) is 1.86. The van der Waals surface area contributed by atoms with E-state index in [1.54, 1.807) is 6.92 Å². The molecule has 0 spiro atoms. The predicted molar refractivity (Wildman–Crippen MR) is 58.8 cm³/mol. The zero-order chi connectivity index (χ0) is 11.9. The SMILES string of the molecule is Cc1nc2cc(C(C)C)ncn2c1C(=O)O. The maximum Gasteiger partial charge on any atom is 0.354 e. The van der Waals surface area contributed by atoms with Crippen LogP contribution in [0.5, 0.6) is 0 Å². The minimum Gasteiger partial charge on any atom is -0.477 e. The molecule has 0 atom stereocenters. The fourth-order valence-corrected chi connectivity index (χ4v) is 1.65. The van der Waals surface area contributed by atoms with Crippen molar-refractivity contribution in [2.75, 3.05) is 0 Å². The quantitative estimate of drug-likeness (QED) is 0.837. The Balaban J connectivity index is 2.70. The fraction of sp³-hybridized carbons (Fsp3) is 0.364. The monoisotopic (exact) mass is 219 g/mol. The van der Waals surface area contributed by atoms with Crippen molar-refractivity contribution >= 4 is 11.6 Å². The molecule has 0 saturated heterocycles. The summed E-state index contributed by atoms with van der Waals surface area (Å²) in [6, 6.07) is 1.82. The second-order valence-corrected chi connectivity index (χ2v) is 4.05. The largest absolute Gasteiger partial charge is 0.477 e. The molecule has 5 heteroatoms. The minimum absolute atomic E-state index is 0.179. The summed E-state index contributed by atoms with van der Waals surface area (Å²) in [4.78, 5) is 19.5. The lowest BCUT2D eigenvalue weighted by molar-refractivity contribution is 0.0688. The van der Waals surface area contributed by atoms with E-state index >= 15 is 0 Å². The van der Waals surface area contributed by atoms with Gasteiger partial charge in [0.25, 0.3) is 0 Å². The summed E-state index contributed by atoms with van der Waals surface area (Å²) in [7, 11) is 0. The molecule has 0 aliphatic rings. The second kappa shape index (κ2) is 3.59. The number of aromatic nitrogens is 3. The summed E-state index contributed by atoms with van der Waals surface area (Å²) in [6.07, 6.45) is 1.52. The second-order valence-electron chi connectivity index (χ2n) is 4.05. The van der Waals surface area contributed by atoms with Gasteiger partial charge in [-0.3, -0.25) is 4.40 Å². The molecule has 0 saturated carbocycles. The molecule has 0 amide bonds. The van der Waals surface area contributed by atoms with Crippen LogP contribution in [0.2, 0.25) is 0 Å². The van der Waals surface area contributed by atoms with Crippen LogP contribution < -0.4 is 0 Å². The van der Waals surface area contributed by atoms with Crippen LogP contribution in [0.4, 0.5) is 0 Å². The Morgan fingerprint density at radius 1 is 1.50 bits per heavy atom. The number of aromatic carboxylic acids is 1. The molecule has 16 heavy (non-hydrogen) atoms. The Morgan fingerprint density at radius 2 is 2.19 bits per heavy atom. The molecule has 0 bridgehead atoms. The van der Waals surface area contributed by atoms with Gasteiger partial charge in [0.2, 0.25) is 0 Å². The van der Waals surface area contributed by atoms with Crippen molar-refractivity contribution in [3.8, 4) is 0 Å². The van der Waals surface area contributed by atoms with E-state index in [-0.39, 0.29) is 5.69 Å². The first-order chi connectivity index (χ1) is 7.50. The third-order valence-corrected chi connectivity index (χ3v) is 2.51. The standard InChI is InChI=1S/C11H13N3O2/c1-6(2)8-4-9-13-7(3)10(11(15)16)14(9)5-12-8/h4-6H,1-3H3,(H,15,16). The molecular weight excluding hydrogens is 206 g/mol. The number of hydrogen-bond acceptors (Lipinski definition) is 3. The number of nitrogens with zero attached hydrogens (tertiary/aromatic N) is 3. The number of rotatable bonds is 2. The third-order valence-electron chi connectivity index (χ3n) is 2.51. The number of carboxylic acids is 1. The summed E-state index contributed by atoms with van der Waals surface area (Å²) < 4.78 is 1.50. The van der Waals surface area contributed by atoms with Gasteiger partial charge in [-0.25, -0.2) is 14.8 Å². The third kappa shape index (κ3) is 1.54. The first-order valence-corrected chi connectivity index (χ1v) is 5.08.